The molecule has 3 rings (SSSR count). The van der Waals surface area contributed by atoms with Gasteiger partial charge in [0.15, 0.2) is 0 Å². The Hall–Kier alpha value is -2.54. The topological polar surface area (TPSA) is 78.5 Å². The molecule has 144 valence electrons. The number of sulfonamides is 1. The maximum Gasteiger partial charge on any atom is 0.251 e. The maximum atomic E-state index is 12.4. The summed E-state index contributed by atoms with van der Waals surface area (Å²) in [6, 6.07) is 13.2. The van der Waals surface area contributed by atoms with E-state index in [4.69, 9.17) is 0 Å². The maximum absolute atomic E-state index is 12.4. The quantitative estimate of drug-likeness (QED) is 0.799. The minimum absolute atomic E-state index is 0.187. The van der Waals surface area contributed by atoms with Gasteiger partial charge in [0.1, 0.15) is 0 Å². The first-order valence-electron chi connectivity index (χ1n) is 9.02. The first kappa shape index (κ1) is 19.2. The van der Waals surface area contributed by atoms with Crippen molar-refractivity contribution in [3.8, 4) is 0 Å². The van der Waals surface area contributed by atoms with Gasteiger partial charge in [-0.1, -0.05) is 12.1 Å². The van der Waals surface area contributed by atoms with Crippen molar-refractivity contribution >= 4 is 27.3 Å². The number of anilines is 2. The predicted molar refractivity (Wildman–Crippen MR) is 109 cm³/mol. The molecule has 0 unspecified atom stereocenters. The van der Waals surface area contributed by atoms with Crippen LogP contribution in [0.15, 0.2) is 42.5 Å². The number of carbonyl (C=O) groups is 1. The molecule has 1 saturated heterocycles. The molecule has 0 radical (unpaired) electrons. The number of amides is 1. The van der Waals surface area contributed by atoms with Crippen LogP contribution in [-0.4, -0.2) is 33.7 Å². The molecule has 1 fully saturated rings. The molecule has 0 aliphatic carbocycles. The third-order valence-electron chi connectivity index (χ3n) is 4.64. The number of nitrogens with zero attached hydrogens (tertiary/aromatic N) is 1. The standard InChI is InChI=1S/C20H25N3O3S/c1-15-13-17(7-10-19(15)22-27(2,25)26)20(24)21-14-16-5-8-18(9-6-16)23-11-3-4-12-23/h5-10,13,22H,3-4,11-12,14H2,1-2H3,(H,21,24). The zero-order valence-electron chi connectivity index (χ0n) is 15.7. The number of nitrogens with one attached hydrogen (secondary N) is 2. The Balaban J connectivity index is 1.59. The van der Waals surface area contributed by atoms with Crippen LogP contribution in [0, 0.1) is 6.92 Å². The van der Waals surface area contributed by atoms with Crippen LogP contribution in [-0.2, 0) is 16.6 Å². The van der Waals surface area contributed by atoms with E-state index in [0.717, 1.165) is 24.9 Å². The van der Waals surface area contributed by atoms with Gasteiger partial charge < -0.3 is 10.2 Å². The Morgan fingerprint density at radius 1 is 1.07 bits per heavy atom. The van der Waals surface area contributed by atoms with Gasteiger partial charge in [-0.05, 0) is 61.2 Å². The average molecular weight is 388 g/mol. The minimum atomic E-state index is -3.34. The lowest BCUT2D eigenvalue weighted by Gasteiger charge is -2.17. The summed E-state index contributed by atoms with van der Waals surface area (Å²) in [6.45, 7) is 4.43. The Bertz CT molecular complexity index is 918. The third kappa shape index (κ3) is 5.23. The first-order valence-corrected chi connectivity index (χ1v) is 10.9. The zero-order valence-corrected chi connectivity index (χ0v) is 16.5. The predicted octanol–water partition coefficient (Wildman–Crippen LogP) is 2.90. The van der Waals surface area contributed by atoms with E-state index in [-0.39, 0.29) is 5.91 Å². The third-order valence-corrected chi connectivity index (χ3v) is 5.24. The van der Waals surface area contributed by atoms with Crippen LogP contribution in [0.3, 0.4) is 0 Å². The summed E-state index contributed by atoms with van der Waals surface area (Å²) in [5, 5.41) is 2.91. The first-order chi connectivity index (χ1) is 12.8. The Morgan fingerprint density at radius 2 is 1.74 bits per heavy atom. The van der Waals surface area contributed by atoms with Crippen molar-refractivity contribution < 1.29 is 13.2 Å². The van der Waals surface area contributed by atoms with Crippen molar-refractivity contribution in [2.75, 3.05) is 29.0 Å². The zero-order chi connectivity index (χ0) is 19.4. The largest absolute Gasteiger partial charge is 0.372 e. The molecule has 0 bridgehead atoms. The van der Waals surface area contributed by atoms with Gasteiger partial charge in [0.05, 0.1) is 11.9 Å². The molecule has 0 atom stereocenters. The highest BCUT2D eigenvalue weighted by Gasteiger charge is 2.12. The summed E-state index contributed by atoms with van der Waals surface area (Å²) in [5.41, 5.74) is 3.94. The van der Waals surface area contributed by atoms with Crippen molar-refractivity contribution in [1.29, 1.82) is 0 Å². The highest BCUT2D eigenvalue weighted by Crippen LogP contribution is 2.21. The van der Waals surface area contributed by atoms with E-state index in [1.807, 2.05) is 12.1 Å². The molecular weight excluding hydrogens is 362 g/mol. The van der Waals surface area contributed by atoms with Crippen molar-refractivity contribution in [2.24, 2.45) is 0 Å². The van der Waals surface area contributed by atoms with Crippen LogP contribution in [0.2, 0.25) is 0 Å². The van der Waals surface area contributed by atoms with E-state index >= 15 is 0 Å². The van der Waals surface area contributed by atoms with Crippen molar-refractivity contribution in [3.63, 3.8) is 0 Å². The molecule has 0 saturated carbocycles. The van der Waals surface area contributed by atoms with E-state index in [2.05, 4.69) is 27.1 Å². The van der Waals surface area contributed by atoms with Gasteiger partial charge in [-0.25, -0.2) is 8.42 Å². The van der Waals surface area contributed by atoms with Gasteiger partial charge in [-0.15, -0.1) is 0 Å². The van der Waals surface area contributed by atoms with Gasteiger partial charge in [0.25, 0.3) is 5.91 Å². The molecule has 1 aliphatic rings. The fraction of sp³-hybridized carbons (Fsp3) is 0.350. The van der Waals surface area contributed by atoms with Crippen LogP contribution in [0.4, 0.5) is 11.4 Å². The molecule has 2 aromatic carbocycles. The molecule has 7 heteroatoms. The van der Waals surface area contributed by atoms with Crippen molar-refractivity contribution in [2.45, 2.75) is 26.3 Å². The summed E-state index contributed by atoms with van der Waals surface area (Å²) in [4.78, 5) is 14.8. The molecule has 27 heavy (non-hydrogen) atoms. The monoisotopic (exact) mass is 387 g/mol. The second-order valence-electron chi connectivity index (χ2n) is 6.95. The molecule has 0 aromatic heterocycles. The van der Waals surface area contributed by atoms with Crippen LogP contribution in [0.25, 0.3) is 0 Å². The van der Waals surface area contributed by atoms with Gasteiger partial charge in [-0.3, -0.25) is 9.52 Å². The highest BCUT2D eigenvalue weighted by atomic mass is 32.2. The highest BCUT2D eigenvalue weighted by molar-refractivity contribution is 7.92. The Kier molecular flexibility index (Phi) is 5.70. The molecule has 1 amide bonds. The fourth-order valence-electron chi connectivity index (χ4n) is 3.20. The summed E-state index contributed by atoms with van der Waals surface area (Å²) >= 11 is 0. The lowest BCUT2D eigenvalue weighted by molar-refractivity contribution is 0.0951. The second kappa shape index (κ2) is 8.00. The molecular formula is C20H25N3O3S. The lowest BCUT2D eigenvalue weighted by atomic mass is 10.1. The molecule has 0 spiro atoms. The van der Waals surface area contributed by atoms with E-state index in [1.54, 1.807) is 25.1 Å². The molecule has 6 nitrogen and oxygen atoms in total. The lowest BCUT2D eigenvalue weighted by Crippen LogP contribution is -2.23. The van der Waals surface area contributed by atoms with Crippen LogP contribution >= 0.6 is 0 Å². The van der Waals surface area contributed by atoms with Crippen LogP contribution in [0.1, 0.15) is 34.3 Å². The van der Waals surface area contributed by atoms with E-state index in [9.17, 15) is 13.2 Å². The normalized spacial score (nSPS) is 14.2. The second-order valence-corrected chi connectivity index (χ2v) is 8.70. The van der Waals surface area contributed by atoms with E-state index in [1.165, 1.54) is 18.5 Å². The molecule has 2 aromatic rings. The number of rotatable bonds is 6. The molecule has 2 N–H and O–H groups in total. The number of carbonyl (C=O) groups excluding carboxylic acids is 1. The van der Waals surface area contributed by atoms with Crippen LogP contribution in [0.5, 0.6) is 0 Å². The number of benzene rings is 2. The summed E-state index contributed by atoms with van der Waals surface area (Å²) in [6.07, 6.45) is 3.59. The molecule has 1 heterocycles. The number of aryl methyl sites for hydroxylation is 1. The summed E-state index contributed by atoms with van der Waals surface area (Å²) in [7, 11) is -3.34. The van der Waals surface area contributed by atoms with Gasteiger partial charge in [0.2, 0.25) is 10.0 Å². The van der Waals surface area contributed by atoms with Crippen LogP contribution < -0.4 is 14.9 Å². The summed E-state index contributed by atoms with van der Waals surface area (Å²) < 4.78 is 25.1. The Morgan fingerprint density at radius 3 is 2.33 bits per heavy atom. The Labute approximate surface area is 160 Å². The van der Waals surface area contributed by atoms with Gasteiger partial charge >= 0.3 is 0 Å². The summed E-state index contributed by atoms with van der Waals surface area (Å²) in [5.74, 6) is -0.187. The molecule has 1 aliphatic heterocycles. The number of hydrogen-bond acceptors (Lipinski definition) is 4. The van der Waals surface area contributed by atoms with Crippen molar-refractivity contribution in [1.82, 2.24) is 5.32 Å². The SMILES string of the molecule is Cc1cc(C(=O)NCc2ccc(N3CCCC3)cc2)ccc1NS(C)(=O)=O. The van der Waals surface area contributed by atoms with E-state index in [0.29, 0.717) is 23.4 Å². The van der Waals surface area contributed by atoms with Gasteiger partial charge in [-0.2, -0.15) is 0 Å². The van der Waals surface area contributed by atoms with E-state index < -0.39 is 10.0 Å². The van der Waals surface area contributed by atoms with Crippen molar-refractivity contribution in [3.05, 3.63) is 59.2 Å². The van der Waals surface area contributed by atoms with Gasteiger partial charge in [0, 0.05) is 30.9 Å². The average Bonchev–Trinajstić information content (AvgIpc) is 3.15. The smallest absolute Gasteiger partial charge is 0.251 e. The fourth-order valence-corrected chi connectivity index (χ4v) is 3.83. The number of hydrogen-bond donors (Lipinski definition) is 2. The minimum Gasteiger partial charge on any atom is -0.372 e.